The third kappa shape index (κ3) is 4.52. The predicted octanol–water partition coefficient (Wildman–Crippen LogP) is 1.06. The van der Waals surface area contributed by atoms with Crippen molar-refractivity contribution in [1.82, 2.24) is 10.2 Å². The van der Waals surface area contributed by atoms with E-state index in [4.69, 9.17) is 9.84 Å². The molecule has 104 valence electrons. The molecule has 0 heterocycles. The van der Waals surface area contributed by atoms with Crippen LogP contribution in [0.2, 0.25) is 0 Å². The molecule has 0 spiro atoms. The SMILES string of the molecule is CCCN(C(=O)NC(CCOC)C(=O)O)C1CC1. The zero-order chi connectivity index (χ0) is 13.5. The summed E-state index contributed by atoms with van der Waals surface area (Å²) in [5, 5.41) is 11.6. The monoisotopic (exact) mass is 258 g/mol. The first-order chi connectivity index (χ1) is 8.60. The molecule has 1 fully saturated rings. The van der Waals surface area contributed by atoms with Crippen molar-refractivity contribution in [2.45, 2.75) is 44.7 Å². The Morgan fingerprint density at radius 3 is 2.61 bits per heavy atom. The molecule has 1 rings (SSSR count). The van der Waals surface area contributed by atoms with Crippen LogP contribution < -0.4 is 5.32 Å². The van der Waals surface area contributed by atoms with Gasteiger partial charge < -0.3 is 20.1 Å². The second kappa shape index (κ2) is 7.20. The Morgan fingerprint density at radius 1 is 1.50 bits per heavy atom. The van der Waals surface area contributed by atoms with Gasteiger partial charge in [-0.2, -0.15) is 0 Å². The van der Waals surface area contributed by atoms with E-state index in [1.165, 1.54) is 7.11 Å². The molecule has 1 unspecified atom stereocenters. The highest BCUT2D eigenvalue weighted by Crippen LogP contribution is 2.26. The summed E-state index contributed by atoms with van der Waals surface area (Å²) in [5.41, 5.74) is 0. The van der Waals surface area contributed by atoms with E-state index in [2.05, 4.69) is 5.32 Å². The first-order valence-electron chi connectivity index (χ1n) is 6.39. The molecule has 1 atom stereocenters. The number of ether oxygens (including phenoxy) is 1. The standard InChI is InChI=1S/C12H22N2O4/c1-3-7-14(9-4-5-9)12(17)13-10(11(15)16)6-8-18-2/h9-10H,3-8H2,1-2H3,(H,13,17)(H,15,16). The van der Waals surface area contributed by atoms with Gasteiger partial charge in [0.15, 0.2) is 0 Å². The van der Waals surface area contributed by atoms with Gasteiger partial charge in [-0.15, -0.1) is 0 Å². The molecule has 0 aromatic heterocycles. The van der Waals surface area contributed by atoms with Crippen molar-refractivity contribution in [2.24, 2.45) is 0 Å². The van der Waals surface area contributed by atoms with Gasteiger partial charge in [0.25, 0.3) is 0 Å². The number of hydrogen-bond acceptors (Lipinski definition) is 3. The molecule has 0 aromatic rings. The van der Waals surface area contributed by atoms with Crippen LogP contribution in [-0.4, -0.2) is 54.4 Å². The van der Waals surface area contributed by atoms with Crippen molar-refractivity contribution in [3.8, 4) is 0 Å². The van der Waals surface area contributed by atoms with E-state index in [1.54, 1.807) is 4.90 Å². The maximum Gasteiger partial charge on any atom is 0.326 e. The Bertz CT molecular complexity index is 292. The third-order valence-electron chi connectivity index (χ3n) is 2.92. The lowest BCUT2D eigenvalue weighted by Gasteiger charge is -2.24. The second-order valence-electron chi connectivity index (χ2n) is 4.55. The highest BCUT2D eigenvalue weighted by Gasteiger charge is 2.33. The third-order valence-corrected chi connectivity index (χ3v) is 2.92. The number of nitrogens with one attached hydrogen (secondary N) is 1. The van der Waals surface area contributed by atoms with Crippen LogP contribution in [0.3, 0.4) is 0 Å². The molecule has 0 aliphatic heterocycles. The van der Waals surface area contributed by atoms with Crippen LogP contribution in [-0.2, 0) is 9.53 Å². The first kappa shape index (κ1) is 14.8. The molecule has 2 amide bonds. The summed E-state index contributed by atoms with van der Waals surface area (Å²) in [5.74, 6) is -1.02. The summed E-state index contributed by atoms with van der Waals surface area (Å²) in [6.45, 7) is 2.99. The average Bonchev–Trinajstić information content (AvgIpc) is 3.14. The zero-order valence-electron chi connectivity index (χ0n) is 11.0. The van der Waals surface area contributed by atoms with E-state index in [0.717, 1.165) is 19.3 Å². The molecule has 6 heteroatoms. The lowest BCUT2D eigenvalue weighted by Crippen LogP contribution is -2.49. The Kier molecular flexibility index (Phi) is 5.91. The quantitative estimate of drug-likeness (QED) is 0.682. The molecular formula is C12H22N2O4. The van der Waals surface area contributed by atoms with Gasteiger partial charge in [0.2, 0.25) is 0 Å². The minimum atomic E-state index is -1.02. The Hall–Kier alpha value is -1.30. The molecule has 0 saturated heterocycles. The molecule has 0 aromatic carbocycles. The summed E-state index contributed by atoms with van der Waals surface area (Å²) in [4.78, 5) is 24.8. The fraction of sp³-hybridized carbons (Fsp3) is 0.833. The number of methoxy groups -OCH3 is 1. The molecule has 0 radical (unpaired) electrons. The van der Waals surface area contributed by atoms with E-state index in [1.807, 2.05) is 6.92 Å². The van der Waals surface area contributed by atoms with E-state index >= 15 is 0 Å². The second-order valence-corrected chi connectivity index (χ2v) is 4.55. The first-order valence-corrected chi connectivity index (χ1v) is 6.39. The number of urea groups is 1. The lowest BCUT2D eigenvalue weighted by molar-refractivity contribution is -0.139. The van der Waals surface area contributed by atoms with Crippen molar-refractivity contribution in [1.29, 1.82) is 0 Å². The van der Waals surface area contributed by atoms with E-state index < -0.39 is 12.0 Å². The molecule has 1 aliphatic rings. The van der Waals surface area contributed by atoms with Gasteiger partial charge in [-0.05, 0) is 19.3 Å². The Morgan fingerprint density at radius 2 is 2.17 bits per heavy atom. The van der Waals surface area contributed by atoms with Crippen LogP contribution in [0.1, 0.15) is 32.6 Å². The molecule has 18 heavy (non-hydrogen) atoms. The largest absolute Gasteiger partial charge is 0.480 e. The zero-order valence-corrected chi connectivity index (χ0v) is 11.0. The highest BCUT2D eigenvalue weighted by molar-refractivity contribution is 5.82. The van der Waals surface area contributed by atoms with Crippen molar-refractivity contribution in [2.75, 3.05) is 20.3 Å². The summed E-state index contributed by atoms with van der Waals surface area (Å²) < 4.78 is 4.84. The molecule has 0 bridgehead atoms. The number of carbonyl (C=O) groups is 2. The van der Waals surface area contributed by atoms with Crippen LogP contribution in [0, 0.1) is 0 Å². The fourth-order valence-corrected chi connectivity index (χ4v) is 1.80. The maximum atomic E-state index is 12.0. The highest BCUT2D eigenvalue weighted by atomic mass is 16.5. The number of carboxylic acids is 1. The van der Waals surface area contributed by atoms with Gasteiger partial charge in [0, 0.05) is 32.7 Å². The van der Waals surface area contributed by atoms with Crippen LogP contribution >= 0.6 is 0 Å². The Labute approximate surface area is 107 Å². The van der Waals surface area contributed by atoms with Crippen molar-refractivity contribution >= 4 is 12.0 Å². The predicted molar refractivity (Wildman–Crippen MR) is 66.5 cm³/mol. The molecule has 1 saturated carbocycles. The van der Waals surface area contributed by atoms with Crippen LogP contribution in [0.5, 0.6) is 0 Å². The summed E-state index contributed by atoms with van der Waals surface area (Å²) in [7, 11) is 1.51. The normalized spacial score (nSPS) is 16.1. The van der Waals surface area contributed by atoms with E-state index in [0.29, 0.717) is 19.2 Å². The number of rotatable bonds is 8. The van der Waals surface area contributed by atoms with Gasteiger partial charge in [-0.3, -0.25) is 0 Å². The summed E-state index contributed by atoms with van der Waals surface area (Å²) in [6, 6.07) is -0.861. The number of aliphatic carboxylic acids is 1. The average molecular weight is 258 g/mol. The number of carbonyl (C=O) groups excluding carboxylic acids is 1. The maximum absolute atomic E-state index is 12.0. The van der Waals surface area contributed by atoms with Crippen LogP contribution in [0.25, 0.3) is 0 Å². The van der Waals surface area contributed by atoms with E-state index in [9.17, 15) is 9.59 Å². The number of carboxylic acid groups (broad SMARTS) is 1. The smallest absolute Gasteiger partial charge is 0.326 e. The molecule has 1 aliphatic carbocycles. The van der Waals surface area contributed by atoms with E-state index in [-0.39, 0.29) is 12.5 Å². The summed E-state index contributed by atoms with van der Waals surface area (Å²) >= 11 is 0. The fourth-order valence-electron chi connectivity index (χ4n) is 1.80. The van der Waals surface area contributed by atoms with Crippen molar-refractivity contribution in [3.05, 3.63) is 0 Å². The molecule has 6 nitrogen and oxygen atoms in total. The van der Waals surface area contributed by atoms with Crippen LogP contribution in [0.4, 0.5) is 4.79 Å². The minimum absolute atomic E-state index is 0.275. The lowest BCUT2D eigenvalue weighted by atomic mass is 10.2. The van der Waals surface area contributed by atoms with Crippen molar-refractivity contribution < 1.29 is 19.4 Å². The van der Waals surface area contributed by atoms with Gasteiger partial charge >= 0.3 is 12.0 Å². The number of amides is 2. The van der Waals surface area contributed by atoms with Gasteiger partial charge in [0.1, 0.15) is 6.04 Å². The number of hydrogen-bond donors (Lipinski definition) is 2. The minimum Gasteiger partial charge on any atom is -0.480 e. The topological polar surface area (TPSA) is 78.9 Å². The number of nitrogens with zero attached hydrogens (tertiary/aromatic N) is 1. The van der Waals surface area contributed by atoms with Gasteiger partial charge in [-0.1, -0.05) is 6.92 Å². The molecule has 2 N–H and O–H groups in total. The van der Waals surface area contributed by atoms with Gasteiger partial charge in [0.05, 0.1) is 0 Å². The Balaban J connectivity index is 2.49. The van der Waals surface area contributed by atoms with Gasteiger partial charge in [-0.25, -0.2) is 9.59 Å². The summed E-state index contributed by atoms with van der Waals surface area (Å²) in [6.07, 6.45) is 3.19. The van der Waals surface area contributed by atoms with Crippen LogP contribution in [0.15, 0.2) is 0 Å². The van der Waals surface area contributed by atoms with Crippen molar-refractivity contribution in [3.63, 3.8) is 0 Å². The molecular weight excluding hydrogens is 236 g/mol.